The third-order valence-corrected chi connectivity index (χ3v) is 3.15. The maximum absolute atomic E-state index is 9.96. The van der Waals surface area contributed by atoms with Gasteiger partial charge in [-0.25, -0.2) is 9.97 Å². The van der Waals surface area contributed by atoms with E-state index in [1.165, 1.54) is 0 Å². The molecule has 3 rings (SSSR count). The van der Waals surface area contributed by atoms with E-state index in [0.29, 0.717) is 23.8 Å². The molecule has 0 spiro atoms. The molecule has 0 saturated heterocycles. The molecule has 0 aliphatic carbocycles. The van der Waals surface area contributed by atoms with Crippen LogP contribution in [0.1, 0.15) is 0 Å². The number of anilines is 1. The normalized spacial score (nSPS) is 10.7. The van der Waals surface area contributed by atoms with Crippen molar-refractivity contribution in [3.63, 3.8) is 0 Å². The van der Waals surface area contributed by atoms with Gasteiger partial charge < -0.3 is 15.5 Å². The minimum atomic E-state index is 0.0181. The molecule has 3 N–H and O–H groups in total. The molecule has 5 heteroatoms. The summed E-state index contributed by atoms with van der Waals surface area (Å²) in [6, 6.07) is 14.6. The van der Waals surface area contributed by atoms with Crippen molar-refractivity contribution in [1.29, 1.82) is 0 Å². The van der Waals surface area contributed by atoms with Gasteiger partial charge >= 0.3 is 0 Å². The largest absolute Gasteiger partial charge is 0.507 e. The van der Waals surface area contributed by atoms with Crippen LogP contribution in [0.3, 0.4) is 0 Å². The number of nitrogens with one attached hydrogen (secondary N) is 1. The molecule has 5 nitrogen and oxygen atoms in total. The molecule has 106 valence electrons. The van der Waals surface area contributed by atoms with Gasteiger partial charge in [0.25, 0.3) is 0 Å². The predicted octanol–water partition coefficient (Wildman–Crippen LogP) is 2.41. The van der Waals surface area contributed by atoms with Crippen LogP contribution in [0.2, 0.25) is 0 Å². The number of aliphatic hydroxyl groups excluding tert-OH is 1. The summed E-state index contributed by atoms with van der Waals surface area (Å²) in [5.74, 6) is 1.24. The van der Waals surface area contributed by atoms with Crippen molar-refractivity contribution < 1.29 is 10.2 Å². The minimum Gasteiger partial charge on any atom is -0.507 e. The minimum absolute atomic E-state index is 0.0181. The smallest absolute Gasteiger partial charge is 0.165 e. The number of fused-ring (bicyclic) bond motifs is 1. The monoisotopic (exact) mass is 281 g/mol. The highest BCUT2D eigenvalue weighted by atomic mass is 16.3. The molecule has 3 aromatic rings. The lowest BCUT2D eigenvalue weighted by Crippen LogP contribution is -2.08. The van der Waals surface area contributed by atoms with E-state index in [-0.39, 0.29) is 12.4 Å². The van der Waals surface area contributed by atoms with Crippen LogP contribution in [0.4, 0.5) is 5.82 Å². The van der Waals surface area contributed by atoms with Crippen LogP contribution in [0.25, 0.3) is 22.3 Å². The Morgan fingerprint density at radius 3 is 2.52 bits per heavy atom. The number of aromatic nitrogens is 2. The van der Waals surface area contributed by atoms with Gasteiger partial charge in [0.2, 0.25) is 0 Å². The SMILES string of the molecule is OCCNc1nc(-c2ccccc2O)nc2ccccc12. The number of nitrogens with zero attached hydrogens (tertiary/aromatic N) is 2. The average molecular weight is 281 g/mol. The Hall–Kier alpha value is -2.66. The Morgan fingerprint density at radius 2 is 1.71 bits per heavy atom. The fourth-order valence-electron chi connectivity index (χ4n) is 2.17. The maximum atomic E-state index is 9.96. The first-order chi connectivity index (χ1) is 10.3. The number of hydrogen-bond donors (Lipinski definition) is 3. The molecule has 0 aliphatic rings. The number of rotatable bonds is 4. The Balaban J connectivity index is 2.18. The first-order valence-electron chi connectivity index (χ1n) is 6.69. The Kier molecular flexibility index (Phi) is 3.66. The number of hydrogen-bond acceptors (Lipinski definition) is 5. The Bertz CT molecular complexity index is 774. The van der Waals surface area contributed by atoms with E-state index >= 15 is 0 Å². The zero-order valence-electron chi connectivity index (χ0n) is 11.3. The zero-order valence-corrected chi connectivity index (χ0v) is 11.3. The first-order valence-corrected chi connectivity index (χ1v) is 6.69. The molecule has 0 bridgehead atoms. The highest BCUT2D eigenvalue weighted by molar-refractivity contribution is 5.90. The van der Waals surface area contributed by atoms with Gasteiger partial charge in [-0.05, 0) is 24.3 Å². The number of aliphatic hydroxyl groups is 1. The van der Waals surface area contributed by atoms with E-state index < -0.39 is 0 Å². The van der Waals surface area contributed by atoms with Gasteiger partial charge in [-0.2, -0.15) is 0 Å². The van der Waals surface area contributed by atoms with E-state index in [0.717, 1.165) is 10.9 Å². The fourth-order valence-corrected chi connectivity index (χ4v) is 2.17. The highest BCUT2D eigenvalue weighted by Crippen LogP contribution is 2.29. The van der Waals surface area contributed by atoms with Crippen LogP contribution in [0.15, 0.2) is 48.5 Å². The molecule has 0 fully saturated rings. The lowest BCUT2D eigenvalue weighted by Gasteiger charge is -2.10. The van der Waals surface area contributed by atoms with Crippen LogP contribution >= 0.6 is 0 Å². The number of benzene rings is 2. The molecule has 0 saturated carbocycles. The standard InChI is InChI=1S/C16H15N3O2/c20-10-9-17-15-11-5-1-3-7-13(11)18-16(19-15)12-6-2-4-8-14(12)21/h1-8,20-21H,9-10H2,(H,17,18,19). The van der Waals surface area contributed by atoms with Gasteiger partial charge in [-0.3, -0.25) is 0 Å². The van der Waals surface area contributed by atoms with E-state index in [2.05, 4.69) is 15.3 Å². The van der Waals surface area contributed by atoms with Crippen molar-refractivity contribution in [1.82, 2.24) is 9.97 Å². The van der Waals surface area contributed by atoms with E-state index in [9.17, 15) is 5.11 Å². The summed E-state index contributed by atoms with van der Waals surface area (Å²) in [5.41, 5.74) is 1.36. The number of phenols is 1. The Labute approximate surface area is 121 Å². The lowest BCUT2D eigenvalue weighted by atomic mass is 10.1. The third kappa shape index (κ3) is 2.64. The van der Waals surface area contributed by atoms with Gasteiger partial charge in [-0.15, -0.1) is 0 Å². The lowest BCUT2D eigenvalue weighted by molar-refractivity contribution is 0.311. The highest BCUT2D eigenvalue weighted by Gasteiger charge is 2.11. The zero-order chi connectivity index (χ0) is 14.7. The second-order valence-corrected chi connectivity index (χ2v) is 4.58. The second-order valence-electron chi connectivity index (χ2n) is 4.58. The number of phenolic OH excluding ortho intramolecular Hbond substituents is 1. The topological polar surface area (TPSA) is 78.3 Å². The molecule has 0 amide bonds. The van der Waals surface area contributed by atoms with Crippen LogP contribution in [0, 0.1) is 0 Å². The summed E-state index contributed by atoms with van der Waals surface area (Å²) in [6.07, 6.45) is 0. The van der Waals surface area contributed by atoms with Crippen molar-refractivity contribution in [3.05, 3.63) is 48.5 Å². The van der Waals surface area contributed by atoms with Crippen LogP contribution in [-0.2, 0) is 0 Å². The Morgan fingerprint density at radius 1 is 0.952 bits per heavy atom. The average Bonchev–Trinajstić information content (AvgIpc) is 2.53. The maximum Gasteiger partial charge on any atom is 0.165 e. The second kappa shape index (κ2) is 5.76. The van der Waals surface area contributed by atoms with Crippen LogP contribution in [-0.4, -0.2) is 33.3 Å². The van der Waals surface area contributed by atoms with Crippen molar-refractivity contribution in [2.45, 2.75) is 0 Å². The molecule has 0 aliphatic heterocycles. The summed E-state index contributed by atoms with van der Waals surface area (Å²) in [6.45, 7) is 0.422. The van der Waals surface area contributed by atoms with Crippen molar-refractivity contribution in [2.24, 2.45) is 0 Å². The van der Waals surface area contributed by atoms with Crippen molar-refractivity contribution in [3.8, 4) is 17.1 Å². The van der Waals surface area contributed by atoms with Gasteiger partial charge in [0.15, 0.2) is 5.82 Å². The van der Waals surface area contributed by atoms with Gasteiger partial charge in [0.1, 0.15) is 11.6 Å². The van der Waals surface area contributed by atoms with Gasteiger partial charge in [-0.1, -0.05) is 24.3 Å². The molecule has 1 aromatic heterocycles. The number of aromatic hydroxyl groups is 1. The molecule has 0 radical (unpaired) electrons. The first kappa shape index (κ1) is 13.3. The van der Waals surface area contributed by atoms with E-state index in [4.69, 9.17) is 5.11 Å². The predicted molar refractivity (Wildman–Crippen MR) is 82.2 cm³/mol. The van der Waals surface area contributed by atoms with Crippen molar-refractivity contribution >= 4 is 16.7 Å². The summed E-state index contributed by atoms with van der Waals surface area (Å²) in [5, 5.41) is 22.9. The summed E-state index contributed by atoms with van der Waals surface area (Å²) < 4.78 is 0. The summed E-state index contributed by atoms with van der Waals surface area (Å²) in [4.78, 5) is 8.98. The molecular weight excluding hydrogens is 266 g/mol. The third-order valence-electron chi connectivity index (χ3n) is 3.15. The van der Waals surface area contributed by atoms with E-state index in [1.54, 1.807) is 18.2 Å². The molecule has 0 atom stereocenters. The van der Waals surface area contributed by atoms with Gasteiger partial charge in [0.05, 0.1) is 17.7 Å². The quantitative estimate of drug-likeness (QED) is 0.684. The summed E-state index contributed by atoms with van der Waals surface area (Å²) in [7, 11) is 0. The molecule has 2 aromatic carbocycles. The molecule has 0 unspecified atom stereocenters. The van der Waals surface area contributed by atoms with E-state index in [1.807, 2.05) is 30.3 Å². The summed E-state index contributed by atoms with van der Waals surface area (Å²) >= 11 is 0. The molecule has 1 heterocycles. The van der Waals surface area contributed by atoms with Gasteiger partial charge in [0, 0.05) is 11.9 Å². The van der Waals surface area contributed by atoms with Crippen molar-refractivity contribution in [2.75, 3.05) is 18.5 Å². The fraction of sp³-hybridized carbons (Fsp3) is 0.125. The molecular formula is C16H15N3O2. The molecule has 21 heavy (non-hydrogen) atoms. The van der Waals surface area contributed by atoms with Crippen LogP contribution < -0.4 is 5.32 Å². The number of para-hydroxylation sites is 2. The van der Waals surface area contributed by atoms with Crippen LogP contribution in [0.5, 0.6) is 5.75 Å².